The van der Waals surface area contributed by atoms with Gasteiger partial charge in [0, 0.05) is 6.42 Å². The van der Waals surface area contributed by atoms with Gasteiger partial charge in [-0.15, -0.1) is 0 Å². The lowest BCUT2D eigenvalue weighted by molar-refractivity contribution is -0.120. The van der Waals surface area contributed by atoms with E-state index in [0.29, 0.717) is 6.61 Å². The Labute approximate surface area is 89.7 Å². The summed E-state index contributed by atoms with van der Waals surface area (Å²) in [6, 6.07) is 9.67. The third-order valence-electron chi connectivity index (χ3n) is 2.28. The Morgan fingerprint density at radius 2 is 2.07 bits per heavy atom. The van der Waals surface area contributed by atoms with Gasteiger partial charge in [-0.2, -0.15) is 0 Å². The van der Waals surface area contributed by atoms with Gasteiger partial charge in [0.05, 0.1) is 18.8 Å². The number of ether oxygens (including phenoxy) is 1. The summed E-state index contributed by atoms with van der Waals surface area (Å²) in [4.78, 5) is 10.4. The highest BCUT2D eigenvalue weighted by atomic mass is 16.5. The van der Waals surface area contributed by atoms with Crippen LogP contribution in [0.1, 0.15) is 18.9 Å². The summed E-state index contributed by atoms with van der Waals surface area (Å²) in [5.41, 5.74) is 0.264. The molecule has 82 valence electrons. The quantitative estimate of drug-likeness (QED) is 0.721. The van der Waals surface area contributed by atoms with E-state index in [-0.39, 0.29) is 13.0 Å². The average molecular weight is 208 g/mol. The first-order valence-electron chi connectivity index (χ1n) is 4.92. The van der Waals surface area contributed by atoms with Crippen LogP contribution < -0.4 is 0 Å². The summed E-state index contributed by atoms with van der Waals surface area (Å²) in [6.45, 7) is 1.98. The number of hydrogen-bond acceptors (Lipinski definition) is 3. The molecule has 3 nitrogen and oxygen atoms in total. The van der Waals surface area contributed by atoms with Crippen LogP contribution in [0.4, 0.5) is 0 Å². The Kier molecular flexibility index (Phi) is 4.46. The van der Waals surface area contributed by atoms with Gasteiger partial charge in [-0.05, 0) is 12.5 Å². The number of rotatable bonds is 6. The van der Waals surface area contributed by atoms with Crippen molar-refractivity contribution in [2.75, 3.05) is 6.61 Å². The second-order valence-corrected chi connectivity index (χ2v) is 3.75. The monoisotopic (exact) mass is 208 g/mol. The number of carbonyl (C=O) groups is 1. The van der Waals surface area contributed by atoms with Gasteiger partial charge in [0.2, 0.25) is 0 Å². The minimum absolute atomic E-state index is 0.154. The third kappa shape index (κ3) is 3.81. The largest absolute Gasteiger partial charge is 0.393 e. The SMILES string of the molecule is C[C@@](CO)(CC=O)OCc1ccccc1. The highest BCUT2D eigenvalue weighted by Crippen LogP contribution is 2.15. The summed E-state index contributed by atoms with van der Waals surface area (Å²) in [6.07, 6.45) is 0.970. The smallest absolute Gasteiger partial charge is 0.122 e. The maximum atomic E-state index is 10.4. The zero-order chi connectivity index (χ0) is 11.1. The summed E-state index contributed by atoms with van der Waals surface area (Å²) >= 11 is 0. The molecule has 0 aliphatic rings. The van der Waals surface area contributed by atoms with Gasteiger partial charge in [-0.1, -0.05) is 30.3 Å². The predicted molar refractivity (Wildman–Crippen MR) is 57.4 cm³/mol. The molecule has 0 fully saturated rings. The Morgan fingerprint density at radius 3 is 2.60 bits per heavy atom. The van der Waals surface area contributed by atoms with Gasteiger partial charge >= 0.3 is 0 Å². The van der Waals surface area contributed by atoms with Crippen LogP contribution in [0.25, 0.3) is 0 Å². The first-order valence-corrected chi connectivity index (χ1v) is 4.92. The van der Waals surface area contributed by atoms with E-state index in [4.69, 9.17) is 9.84 Å². The minimum atomic E-state index is -0.766. The molecular formula is C12H16O3. The second-order valence-electron chi connectivity index (χ2n) is 3.75. The molecule has 0 bridgehead atoms. The number of aldehydes is 1. The number of aliphatic hydroxyl groups is 1. The lowest BCUT2D eigenvalue weighted by Crippen LogP contribution is -2.33. The highest BCUT2D eigenvalue weighted by Gasteiger charge is 2.23. The van der Waals surface area contributed by atoms with Crippen LogP contribution in [0.3, 0.4) is 0 Å². The van der Waals surface area contributed by atoms with E-state index in [0.717, 1.165) is 11.8 Å². The number of benzene rings is 1. The standard InChI is InChI=1S/C12H16O3/c1-12(10-14,7-8-13)15-9-11-5-3-2-4-6-11/h2-6,8,14H,7,9-10H2,1H3/t12-/m0/s1. The van der Waals surface area contributed by atoms with Gasteiger partial charge in [0.25, 0.3) is 0 Å². The molecule has 0 amide bonds. The first-order chi connectivity index (χ1) is 7.20. The van der Waals surface area contributed by atoms with Gasteiger partial charge < -0.3 is 14.6 Å². The molecule has 0 radical (unpaired) electrons. The van der Waals surface area contributed by atoms with Crippen LogP contribution in [-0.4, -0.2) is 23.6 Å². The van der Waals surface area contributed by atoms with Crippen LogP contribution in [0.2, 0.25) is 0 Å². The van der Waals surface area contributed by atoms with E-state index in [2.05, 4.69) is 0 Å². The molecule has 1 aromatic carbocycles. The average Bonchev–Trinajstić information content (AvgIpc) is 2.28. The van der Waals surface area contributed by atoms with Crippen LogP contribution >= 0.6 is 0 Å². The lowest BCUT2D eigenvalue weighted by atomic mass is 10.0. The fourth-order valence-electron chi connectivity index (χ4n) is 1.18. The van der Waals surface area contributed by atoms with E-state index in [1.54, 1.807) is 6.92 Å². The van der Waals surface area contributed by atoms with Gasteiger partial charge in [-0.25, -0.2) is 0 Å². The van der Waals surface area contributed by atoms with Crippen molar-refractivity contribution < 1.29 is 14.6 Å². The van der Waals surface area contributed by atoms with Gasteiger partial charge in [0.15, 0.2) is 0 Å². The number of aliphatic hydroxyl groups excluding tert-OH is 1. The fourth-order valence-corrected chi connectivity index (χ4v) is 1.18. The maximum absolute atomic E-state index is 10.4. The van der Waals surface area contributed by atoms with Crippen molar-refractivity contribution in [3.8, 4) is 0 Å². The van der Waals surface area contributed by atoms with Crippen LogP contribution in [0.5, 0.6) is 0 Å². The topological polar surface area (TPSA) is 46.5 Å². The molecule has 3 heteroatoms. The normalized spacial score (nSPS) is 14.5. The van der Waals surface area contributed by atoms with Gasteiger partial charge in [0.1, 0.15) is 6.29 Å². The van der Waals surface area contributed by atoms with Gasteiger partial charge in [-0.3, -0.25) is 0 Å². The predicted octanol–water partition coefficient (Wildman–Crippen LogP) is 1.54. The Balaban J connectivity index is 2.51. The Morgan fingerprint density at radius 1 is 1.40 bits per heavy atom. The van der Waals surface area contributed by atoms with Crippen molar-refractivity contribution in [3.63, 3.8) is 0 Å². The van der Waals surface area contributed by atoms with Crippen molar-refractivity contribution in [2.24, 2.45) is 0 Å². The zero-order valence-corrected chi connectivity index (χ0v) is 8.85. The van der Waals surface area contributed by atoms with E-state index in [1.807, 2.05) is 30.3 Å². The second kappa shape index (κ2) is 5.63. The van der Waals surface area contributed by atoms with Crippen LogP contribution in [-0.2, 0) is 16.1 Å². The fraction of sp³-hybridized carbons (Fsp3) is 0.417. The van der Waals surface area contributed by atoms with Crippen molar-refractivity contribution in [3.05, 3.63) is 35.9 Å². The first kappa shape index (κ1) is 11.9. The molecule has 0 heterocycles. The number of hydrogen-bond donors (Lipinski definition) is 1. The molecule has 0 saturated carbocycles. The van der Waals surface area contributed by atoms with Crippen molar-refractivity contribution in [1.29, 1.82) is 0 Å². The summed E-state index contributed by atoms with van der Waals surface area (Å²) in [5, 5.41) is 9.11. The van der Waals surface area contributed by atoms with E-state index in [9.17, 15) is 4.79 Å². The lowest BCUT2D eigenvalue weighted by Gasteiger charge is -2.25. The van der Waals surface area contributed by atoms with Crippen molar-refractivity contribution >= 4 is 6.29 Å². The maximum Gasteiger partial charge on any atom is 0.122 e. The van der Waals surface area contributed by atoms with Crippen LogP contribution in [0.15, 0.2) is 30.3 Å². The van der Waals surface area contributed by atoms with Crippen molar-refractivity contribution in [2.45, 2.75) is 25.6 Å². The molecule has 0 aliphatic carbocycles. The zero-order valence-electron chi connectivity index (χ0n) is 8.85. The molecule has 0 unspecified atom stereocenters. The van der Waals surface area contributed by atoms with Crippen LogP contribution in [0, 0.1) is 0 Å². The Hall–Kier alpha value is -1.19. The molecule has 1 atom stereocenters. The molecule has 0 aromatic heterocycles. The molecule has 0 spiro atoms. The molecule has 15 heavy (non-hydrogen) atoms. The van der Waals surface area contributed by atoms with E-state index >= 15 is 0 Å². The number of carbonyl (C=O) groups excluding carboxylic acids is 1. The summed E-state index contributed by atoms with van der Waals surface area (Å²) < 4.78 is 5.52. The summed E-state index contributed by atoms with van der Waals surface area (Å²) in [5.74, 6) is 0. The molecule has 0 aliphatic heterocycles. The van der Waals surface area contributed by atoms with E-state index in [1.165, 1.54) is 0 Å². The molecule has 1 rings (SSSR count). The van der Waals surface area contributed by atoms with Crippen molar-refractivity contribution in [1.82, 2.24) is 0 Å². The minimum Gasteiger partial charge on any atom is -0.393 e. The third-order valence-corrected chi connectivity index (χ3v) is 2.28. The van der Waals surface area contributed by atoms with E-state index < -0.39 is 5.60 Å². The molecule has 1 aromatic rings. The molecule has 1 N–H and O–H groups in total. The molecular weight excluding hydrogens is 192 g/mol. The Bertz CT molecular complexity index is 297. The summed E-state index contributed by atoms with van der Waals surface area (Å²) in [7, 11) is 0. The highest BCUT2D eigenvalue weighted by molar-refractivity contribution is 5.51. The molecule has 0 saturated heterocycles.